The zero-order valence-corrected chi connectivity index (χ0v) is 19.9. The van der Waals surface area contributed by atoms with Gasteiger partial charge in [-0.25, -0.2) is 0 Å². The Balaban J connectivity index is 1.58. The van der Waals surface area contributed by atoms with Crippen molar-refractivity contribution in [3.05, 3.63) is 58.1 Å². The van der Waals surface area contributed by atoms with Crippen molar-refractivity contribution in [3.8, 4) is 5.75 Å². The van der Waals surface area contributed by atoms with E-state index in [4.69, 9.17) is 16.3 Å². The lowest BCUT2D eigenvalue weighted by molar-refractivity contribution is -0.144. The van der Waals surface area contributed by atoms with Crippen LogP contribution in [0.25, 0.3) is 0 Å². The Kier molecular flexibility index (Phi) is 5.56. The molecule has 35 heavy (non-hydrogen) atoms. The Morgan fingerprint density at radius 3 is 2.54 bits per heavy atom. The number of anilines is 1. The van der Waals surface area contributed by atoms with Crippen molar-refractivity contribution < 1.29 is 29.0 Å². The number of amides is 3. The van der Waals surface area contributed by atoms with Crippen LogP contribution in [0.3, 0.4) is 0 Å². The van der Waals surface area contributed by atoms with Crippen molar-refractivity contribution in [1.82, 2.24) is 10.2 Å². The molecule has 182 valence electrons. The number of nitrogens with zero attached hydrogens (tertiary/aromatic N) is 1. The molecule has 3 aliphatic rings. The van der Waals surface area contributed by atoms with E-state index in [0.717, 1.165) is 11.1 Å². The van der Waals surface area contributed by atoms with Crippen molar-refractivity contribution >= 4 is 41.0 Å². The van der Waals surface area contributed by atoms with Gasteiger partial charge >= 0.3 is 5.97 Å². The van der Waals surface area contributed by atoms with Crippen molar-refractivity contribution in [1.29, 1.82) is 0 Å². The Labute approximate surface area is 206 Å². The molecule has 3 N–H and O–H groups in total. The molecular weight excluding hydrogens is 474 g/mol. The molecule has 5 rings (SSSR count). The fourth-order valence-corrected chi connectivity index (χ4v) is 5.96. The summed E-state index contributed by atoms with van der Waals surface area (Å²) in [5.41, 5.74) is 1.01. The monoisotopic (exact) mass is 497 g/mol. The zero-order chi connectivity index (χ0) is 25.1. The molecular formula is C25H24ClN3O6. The standard InChI is InChI=1S/C25H24ClN3O6/c1-12-9-14(26)10-16-21(12)27-24(34)25(16)20-19(17(28-25)7-8-18(30)31)22(32)29(23(20)33)11-13-3-5-15(35-2)6-4-13/h3-6,9-10,17,19-20,28H,7-8,11H2,1-2H3,(H,27,34)(H,30,31)/t17-,19-,20-,25-/m0/s1. The molecule has 0 aliphatic carbocycles. The SMILES string of the molecule is COc1ccc(CN2C(=O)[C@H]3[C@H](CCC(=O)O)N[C@]4(C(=O)Nc5c(C)cc(Cl)cc54)[C@@H]3C2=O)cc1. The number of methoxy groups -OCH3 is 1. The first-order valence-corrected chi connectivity index (χ1v) is 11.6. The molecule has 0 bridgehead atoms. The number of carboxylic acids is 1. The van der Waals surface area contributed by atoms with Crippen LogP contribution >= 0.6 is 11.6 Å². The van der Waals surface area contributed by atoms with Gasteiger partial charge in [0.1, 0.15) is 11.3 Å². The van der Waals surface area contributed by atoms with Crippen molar-refractivity contribution in [3.63, 3.8) is 0 Å². The maximum Gasteiger partial charge on any atom is 0.303 e. The zero-order valence-electron chi connectivity index (χ0n) is 19.1. The highest BCUT2D eigenvalue weighted by atomic mass is 35.5. The highest BCUT2D eigenvalue weighted by Gasteiger charge is 2.70. The van der Waals surface area contributed by atoms with Crippen molar-refractivity contribution in [2.75, 3.05) is 12.4 Å². The number of hydrogen-bond donors (Lipinski definition) is 3. The number of carboxylic acid groups (broad SMARTS) is 1. The van der Waals surface area contributed by atoms with Crippen LogP contribution in [0.4, 0.5) is 5.69 Å². The first-order valence-electron chi connectivity index (χ1n) is 11.3. The maximum atomic E-state index is 13.8. The van der Waals surface area contributed by atoms with Crippen LogP contribution in [0.15, 0.2) is 36.4 Å². The van der Waals surface area contributed by atoms with Crippen molar-refractivity contribution in [2.45, 2.75) is 37.9 Å². The summed E-state index contributed by atoms with van der Waals surface area (Å²) >= 11 is 6.33. The second-order valence-corrected chi connectivity index (χ2v) is 9.64. The third-order valence-electron chi connectivity index (χ3n) is 7.25. The van der Waals surface area contributed by atoms with Crippen LogP contribution in [0.2, 0.25) is 5.02 Å². The Morgan fingerprint density at radius 2 is 1.89 bits per heavy atom. The number of imide groups is 1. The average molecular weight is 498 g/mol. The third kappa shape index (κ3) is 3.49. The van der Waals surface area contributed by atoms with Gasteiger partial charge in [-0.05, 0) is 48.7 Å². The van der Waals surface area contributed by atoms with Crippen molar-refractivity contribution in [2.24, 2.45) is 11.8 Å². The molecule has 2 aromatic rings. The maximum absolute atomic E-state index is 13.8. The quantitative estimate of drug-likeness (QED) is 0.523. The van der Waals surface area contributed by atoms with E-state index in [0.29, 0.717) is 22.0 Å². The third-order valence-corrected chi connectivity index (χ3v) is 7.46. The van der Waals surface area contributed by atoms with Gasteiger partial charge in [0.15, 0.2) is 0 Å². The Morgan fingerprint density at radius 1 is 1.17 bits per heavy atom. The van der Waals surface area contributed by atoms with Crippen LogP contribution in [0.1, 0.15) is 29.5 Å². The lowest BCUT2D eigenvalue weighted by atomic mass is 9.76. The number of ether oxygens (including phenoxy) is 1. The first-order chi connectivity index (χ1) is 16.7. The molecule has 3 aliphatic heterocycles. The second-order valence-electron chi connectivity index (χ2n) is 9.20. The molecule has 0 aromatic heterocycles. The van der Waals surface area contributed by atoms with Crippen LogP contribution < -0.4 is 15.4 Å². The number of halogens is 1. The number of rotatable bonds is 6. The summed E-state index contributed by atoms with van der Waals surface area (Å²) in [5.74, 6) is -3.61. The van der Waals surface area contributed by atoms with Crippen LogP contribution in [-0.4, -0.2) is 46.8 Å². The fourth-order valence-electron chi connectivity index (χ4n) is 5.69. The van der Waals surface area contributed by atoms with E-state index in [2.05, 4.69) is 10.6 Å². The molecule has 1 spiro atoms. The molecule has 0 unspecified atom stereocenters. The molecule has 9 nitrogen and oxygen atoms in total. The fraction of sp³-hybridized carbons (Fsp3) is 0.360. The van der Waals surface area contributed by atoms with E-state index >= 15 is 0 Å². The highest BCUT2D eigenvalue weighted by molar-refractivity contribution is 6.31. The Bertz CT molecular complexity index is 1260. The summed E-state index contributed by atoms with van der Waals surface area (Å²) in [5, 5.41) is 15.8. The summed E-state index contributed by atoms with van der Waals surface area (Å²) in [7, 11) is 1.55. The van der Waals surface area contributed by atoms with Gasteiger partial charge in [0.05, 0.1) is 25.5 Å². The average Bonchev–Trinajstić information content (AvgIpc) is 3.39. The predicted octanol–water partition coefficient (Wildman–Crippen LogP) is 2.44. The largest absolute Gasteiger partial charge is 0.497 e. The molecule has 0 radical (unpaired) electrons. The van der Waals surface area contributed by atoms with Gasteiger partial charge in [0.2, 0.25) is 17.7 Å². The highest BCUT2D eigenvalue weighted by Crippen LogP contribution is 2.54. The lowest BCUT2D eigenvalue weighted by Crippen LogP contribution is -2.53. The van der Waals surface area contributed by atoms with Crippen LogP contribution in [0, 0.1) is 18.8 Å². The van der Waals surface area contributed by atoms with Gasteiger partial charge in [-0.3, -0.25) is 29.4 Å². The summed E-state index contributed by atoms with van der Waals surface area (Å²) in [6.45, 7) is 1.84. The molecule has 2 fully saturated rings. The number of fused-ring (bicyclic) bond motifs is 4. The molecule has 3 amide bonds. The minimum absolute atomic E-state index is 0.0411. The molecule has 3 heterocycles. The lowest BCUT2D eigenvalue weighted by Gasteiger charge is -2.29. The summed E-state index contributed by atoms with van der Waals surface area (Å²) in [6, 6.07) is 9.69. The number of carbonyl (C=O) groups is 4. The number of hydrogen-bond acceptors (Lipinski definition) is 6. The van der Waals surface area contributed by atoms with Crippen LogP contribution in [0.5, 0.6) is 5.75 Å². The van der Waals surface area contributed by atoms with Gasteiger partial charge < -0.3 is 15.2 Å². The summed E-state index contributed by atoms with van der Waals surface area (Å²) in [6.07, 6.45) is -0.115. The van der Waals surface area contributed by atoms with Gasteiger partial charge in [-0.2, -0.15) is 0 Å². The number of likely N-dealkylation sites (tertiary alicyclic amines) is 1. The van der Waals surface area contributed by atoms with Crippen LogP contribution in [-0.2, 0) is 31.3 Å². The first kappa shape index (κ1) is 23.3. The van der Waals surface area contributed by atoms with E-state index in [-0.39, 0.29) is 19.4 Å². The van der Waals surface area contributed by atoms with Gasteiger partial charge in [-0.15, -0.1) is 0 Å². The predicted molar refractivity (Wildman–Crippen MR) is 126 cm³/mol. The molecule has 2 aromatic carbocycles. The molecule has 2 saturated heterocycles. The second kappa shape index (κ2) is 8.35. The number of carbonyl (C=O) groups excluding carboxylic acids is 3. The summed E-state index contributed by atoms with van der Waals surface area (Å²) < 4.78 is 5.17. The van der Waals surface area contributed by atoms with E-state index in [9.17, 15) is 24.3 Å². The number of nitrogens with one attached hydrogen (secondary N) is 2. The van der Waals surface area contributed by atoms with E-state index in [1.54, 1.807) is 50.4 Å². The number of aryl methyl sites for hydroxylation is 1. The smallest absolute Gasteiger partial charge is 0.303 e. The van der Waals surface area contributed by atoms with E-state index in [1.165, 1.54) is 4.90 Å². The van der Waals surface area contributed by atoms with E-state index < -0.39 is 47.1 Å². The van der Waals surface area contributed by atoms with Gasteiger partial charge in [0.25, 0.3) is 0 Å². The van der Waals surface area contributed by atoms with Gasteiger partial charge in [-0.1, -0.05) is 23.7 Å². The van der Waals surface area contributed by atoms with E-state index in [1.807, 2.05) is 0 Å². The molecule has 10 heteroatoms. The topological polar surface area (TPSA) is 125 Å². The molecule has 0 saturated carbocycles. The number of aliphatic carboxylic acids is 1. The number of benzene rings is 2. The minimum Gasteiger partial charge on any atom is -0.497 e. The minimum atomic E-state index is -1.51. The normalized spacial score (nSPS) is 26.8. The van der Waals surface area contributed by atoms with Gasteiger partial charge in [0, 0.05) is 28.7 Å². The summed E-state index contributed by atoms with van der Waals surface area (Å²) in [4.78, 5) is 53.4. The Hall–Kier alpha value is -3.43. The molecule has 4 atom stereocenters.